The summed E-state index contributed by atoms with van der Waals surface area (Å²) in [5.74, 6) is -0.257. The van der Waals surface area contributed by atoms with E-state index in [0.717, 1.165) is 19.4 Å². The van der Waals surface area contributed by atoms with Crippen LogP contribution in [0.15, 0.2) is 0 Å². The number of carboxylic acid groups (broad SMARTS) is 1. The quantitative estimate of drug-likeness (QED) is 0.740. The Morgan fingerprint density at radius 3 is 2.56 bits per heavy atom. The molecule has 0 aromatic carbocycles. The van der Waals surface area contributed by atoms with Crippen LogP contribution in [0.3, 0.4) is 0 Å². The van der Waals surface area contributed by atoms with E-state index >= 15 is 0 Å². The van der Waals surface area contributed by atoms with Crippen molar-refractivity contribution in [2.24, 2.45) is 0 Å². The normalized spacial score (nSPS) is 16.9. The van der Waals surface area contributed by atoms with Crippen molar-refractivity contribution in [1.82, 2.24) is 4.90 Å². The van der Waals surface area contributed by atoms with Crippen LogP contribution in [0.2, 0.25) is 0 Å². The van der Waals surface area contributed by atoms with Gasteiger partial charge in [0.2, 0.25) is 5.91 Å². The number of nitrogens with zero attached hydrogens (tertiary/aromatic N) is 1. The number of carboxylic acids is 1. The number of carbonyl (C=O) groups excluding carboxylic acids is 1. The Labute approximate surface area is 100 Å². The minimum Gasteiger partial charge on any atom is -0.481 e. The summed E-state index contributed by atoms with van der Waals surface area (Å²) in [5, 5.41) is 8.59. The number of thioether (sulfide) groups is 1. The highest BCUT2D eigenvalue weighted by Crippen LogP contribution is 2.27. The molecular formula is C11H19NO3S. The van der Waals surface area contributed by atoms with Crippen molar-refractivity contribution in [2.45, 2.75) is 44.4 Å². The van der Waals surface area contributed by atoms with Gasteiger partial charge >= 0.3 is 5.97 Å². The second-order valence-corrected chi connectivity index (χ2v) is 5.56. The summed E-state index contributed by atoms with van der Waals surface area (Å²) in [6.07, 6.45) is 2.36. The molecule has 1 saturated carbocycles. The molecule has 0 radical (unpaired) electrons. The number of amides is 1. The van der Waals surface area contributed by atoms with Crippen LogP contribution < -0.4 is 0 Å². The van der Waals surface area contributed by atoms with Gasteiger partial charge in [0.15, 0.2) is 0 Å². The molecule has 0 aromatic heterocycles. The zero-order valence-corrected chi connectivity index (χ0v) is 10.6. The lowest BCUT2D eigenvalue weighted by atomic mass is 10.3. The van der Waals surface area contributed by atoms with Crippen LogP contribution in [0.4, 0.5) is 0 Å². The van der Waals surface area contributed by atoms with E-state index in [1.54, 1.807) is 0 Å². The van der Waals surface area contributed by atoms with E-state index in [4.69, 9.17) is 5.11 Å². The molecule has 16 heavy (non-hydrogen) atoms. The smallest absolute Gasteiger partial charge is 0.304 e. The lowest BCUT2D eigenvalue weighted by Gasteiger charge is -2.20. The molecule has 1 amide bonds. The third-order valence-corrected chi connectivity index (χ3v) is 3.75. The molecular weight excluding hydrogens is 226 g/mol. The van der Waals surface area contributed by atoms with Crippen LogP contribution in [0.5, 0.6) is 0 Å². The molecule has 0 heterocycles. The molecule has 5 heteroatoms. The highest BCUT2D eigenvalue weighted by Gasteiger charge is 2.31. The van der Waals surface area contributed by atoms with E-state index in [0.29, 0.717) is 11.8 Å². The van der Waals surface area contributed by atoms with Crippen LogP contribution in [-0.2, 0) is 9.59 Å². The molecule has 0 spiro atoms. The van der Waals surface area contributed by atoms with Crippen molar-refractivity contribution in [3.05, 3.63) is 0 Å². The Morgan fingerprint density at radius 2 is 2.12 bits per heavy atom. The predicted molar refractivity (Wildman–Crippen MR) is 64.6 cm³/mol. The summed E-state index contributed by atoms with van der Waals surface area (Å²) < 4.78 is 0. The maximum absolute atomic E-state index is 11.8. The third-order valence-electron chi connectivity index (χ3n) is 2.60. The fourth-order valence-corrected chi connectivity index (χ4v) is 2.48. The molecule has 1 N–H and O–H groups in total. The standard InChI is InChI=1S/C11H19NO3S/c1-3-12(9-4-5-9)10(13)7-16-8(2)6-11(14)15/h8-9H,3-7H2,1-2H3,(H,14,15). The molecule has 1 fully saturated rings. The number of aliphatic carboxylic acids is 1. The molecule has 1 rings (SSSR count). The van der Waals surface area contributed by atoms with Gasteiger partial charge in [0.1, 0.15) is 0 Å². The number of carbonyl (C=O) groups is 2. The van der Waals surface area contributed by atoms with Gasteiger partial charge in [-0.3, -0.25) is 9.59 Å². The SMILES string of the molecule is CCN(C(=O)CSC(C)CC(=O)O)C1CC1. The fraction of sp³-hybridized carbons (Fsp3) is 0.818. The van der Waals surface area contributed by atoms with Crippen molar-refractivity contribution in [3.63, 3.8) is 0 Å². The summed E-state index contributed by atoms with van der Waals surface area (Å²) in [6, 6.07) is 0.452. The Bertz CT molecular complexity index is 266. The zero-order chi connectivity index (χ0) is 12.1. The topological polar surface area (TPSA) is 57.6 Å². The average Bonchev–Trinajstić information content (AvgIpc) is 2.99. The molecule has 1 unspecified atom stereocenters. The summed E-state index contributed by atoms with van der Waals surface area (Å²) in [6.45, 7) is 4.60. The van der Waals surface area contributed by atoms with Gasteiger partial charge in [-0.1, -0.05) is 6.92 Å². The van der Waals surface area contributed by atoms with Crippen LogP contribution in [0.25, 0.3) is 0 Å². The number of hydrogen-bond donors (Lipinski definition) is 1. The van der Waals surface area contributed by atoms with Gasteiger partial charge in [0.05, 0.1) is 12.2 Å². The maximum atomic E-state index is 11.8. The highest BCUT2D eigenvalue weighted by atomic mass is 32.2. The van der Waals surface area contributed by atoms with Crippen molar-refractivity contribution in [1.29, 1.82) is 0 Å². The van der Waals surface area contributed by atoms with Crippen LogP contribution in [-0.4, -0.2) is 45.5 Å². The second-order valence-electron chi connectivity index (χ2n) is 4.13. The Morgan fingerprint density at radius 1 is 1.50 bits per heavy atom. The van der Waals surface area contributed by atoms with E-state index in [2.05, 4.69) is 0 Å². The molecule has 0 aliphatic heterocycles. The summed E-state index contributed by atoms with van der Waals surface area (Å²) >= 11 is 1.43. The first-order chi connectivity index (χ1) is 7.54. The Balaban J connectivity index is 2.25. The number of hydrogen-bond acceptors (Lipinski definition) is 3. The minimum atomic E-state index is -0.804. The molecule has 0 bridgehead atoms. The van der Waals surface area contributed by atoms with Gasteiger partial charge in [-0.2, -0.15) is 0 Å². The number of rotatable bonds is 7. The average molecular weight is 245 g/mol. The Hall–Kier alpha value is -0.710. The molecule has 4 nitrogen and oxygen atoms in total. The largest absolute Gasteiger partial charge is 0.481 e. The molecule has 1 aliphatic carbocycles. The van der Waals surface area contributed by atoms with Crippen molar-refractivity contribution < 1.29 is 14.7 Å². The van der Waals surface area contributed by atoms with Crippen molar-refractivity contribution >= 4 is 23.6 Å². The molecule has 1 aliphatic rings. The first-order valence-corrected chi connectivity index (χ1v) is 6.72. The van der Waals surface area contributed by atoms with E-state index in [1.807, 2.05) is 18.7 Å². The van der Waals surface area contributed by atoms with Gasteiger partial charge in [0.25, 0.3) is 0 Å². The minimum absolute atomic E-state index is 0.000593. The summed E-state index contributed by atoms with van der Waals surface area (Å²) in [7, 11) is 0. The first-order valence-electron chi connectivity index (χ1n) is 5.67. The van der Waals surface area contributed by atoms with E-state index < -0.39 is 5.97 Å². The lowest BCUT2D eigenvalue weighted by molar-refractivity contribution is -0.137. The van der Waals surface area contributed by atoms with Crippen LogP contribution >= 0.6 is 11.8 Å². The summed E-state index contributed by atoms with van der Waals surface area (Å²) in [5.41, 5.74) is 0. The third kappa shape index (κ3) is 4.43. The molecule has 0 aromatic rings. The van der Waals surface area contributed by atoms with Crippen molar-refractivity contribution in [2.75, 3.05) is 12.3 Å². The predicted octanol–water partition coefficient (Wildman–Crippen LogP) is 1.59. The lowest BCUT2D eigenvalue weighted by Crippen LogP contribution is -2.34. The van der Waals surface area contributed by atoms with Gasteiger partial charge in [-0.25, -0.2) is 0 Å². The van der Waals surface area contributed by atoms with E-state index in [9.17, 15) is 9.59 Å². The van der Waals surface area contributed by atoms with Crippen LogP contribution in [0, 0.1) is 0 Å². The molecule has 0 saturated heterocycles. The zero-order valence-electron chi connectivity index (χ0n) is 9.81. The van der Waals surface area contributed by atoms with Gasteiger partial charge in [-0.15, -0.1) is 11.8 Å². The van der Waals surface area contributed by atoms with Gasteiger partial charge in [0, 0.05) is 17.8 Å². The van der Waals surface area contributed by atoms with Gasteiger partial charge in [-0.05, 0) is 19.8 Å². The monoisotopic (exact) mass is 245 g/mol. The fourth-order valence-electron chi connectivity index (χ4n) is 1.63. The van der Waals surface area contributed by atoms with Crippen LogP contribution in [0.1, 0.15) is 33.1 Å². The molecule has 92 valence electrons. The Kier molecular flexibility index (Phi) is 5.12. The van der Waals surface area contributed by atoms with E-state index in [-0.39, 0.29) is 17.6 Å². The highest BCUT2D eigenvalue weighted by molar-refractivity contribution is 8.00. The van der Waals surface area contributed by atoms with Crippen molar-refractivity contribution in [3.8, 4) is 0 Å². The first kappa shape index (κ1) is 13.4. The second kappa shape index (κ2) is 6.13. The van der Waals surface area contributed by atoms with Gasteiger partial charge < -0.3 is 10.0 Å². The molecule has 1 atom stereocenters. The summed E-state index contributed by atoms with van der Waals surface area (Å²) in [4.78, 5) is 24.2. The van der Waals surface area contributed by atoms with E-state index in [1.165, 1.54) is 11.8 Å². The maximum Gasteiger partial charge on any atom is 0.304 e.